The molecule has 90 valence electrons. The third kappa shape index (κ3) is 3.99. The summed E-state index contributed by atoms with van der Waals surface area (Å²) in [6, 6.07) is 0.757. The first kappa shape index (κ1) is 13.4. The van der Waals surface area contributed by atoms with Crippen molar-refractivity contribution in [3.63, 3.8) is 0 Å². The second-order valence-electron chi connectivity index (χ2n) is 5.20. The van der Waals surface area contributed by atoms with E-state index in [1.165, 1.54) is 31.4 Å². The molecular weight excluding hydrogens is 202 g/mol. The summed E-state index contributed by atoms with van der Waals surface area (Å²) in [6.45, 7) is 4.84. The van der Waals surface area contributed by atoms with E-state index in [0.717, 1.165) is 23.8 Å². The molecule has 0 spiro atoms. The molecule has 0 aromatic heterocycles. The summed E-state index contributed by atoms with van der Waals surface area (Å²) in [5, 5.41) is 3.53. The quantitative estimate of drug-likeness (QED) is 0.775. The molecule has 0 saturated heterocycles. The van der Waals surface area contributed by atoms with Crippen molar-refractivity contribution in [3.05, 3.63) is 0 Å². The fourth-order valence-corrected chi connectivity index (χ4v) is 3.30. The summed E-state index contributed by atoms with van der Waals surface area (Å²) in [5.41, 5.74) is 0. The zero-order valence-electron chi connectivity index (χ0n) is 10.8. The SMILES string of the molecule is CNC(CCSC)C1CCC(C)C(C)C1. The Hall–Kier alpha value is 0.310. The molecule has 1 N–H and O–H groups in total. The van der Waals surface area contributed by atoms with Crippen molar-refractivity contribution >= 4 is 11.8 Å². The summed E-state index contributed by atoms with van der Waals surface area (Å²) >= 11 is 1.97. The third-order valence-corrected chi connectivity index (χ3v) is 4.86. The van der Waals surface area contributed by atoms with Crippen molar-refractivity contribution in [3.8, 4) is 0 Å². The van der Waals surface area contributed by atoms with Crippen LogP contribution in [0, 0.1) is 17.8 Å². The minimum Gasteiger partial charge on any atom is -0.317 e. The lowest BCUT2D eigenvalue weighted by atomic mass is 9.73. The zero-order valence-corrected chi connectivity index (χ0v) is 11.6. The Balaban J connectivity index is 2.39. The number of hydrogen-bond acceptors (Lipinski definition) is 2. The van der Waals surface area contributed by atoms with Gasteiger partial charge in [-0.2, -0.15) is 11.8 Å². The Labute approximate surface area is 99.8 Å². The lowest BCUT2D eigenvalue weighted by Gasteiger charge is -2.36. The normalized spacial score (nSPS) is 34.0. The van der Waals surface area contributed by atoms with E-state index in [2.05, 4.69) is 32.5 Å². The van der Waals surface area contributed by atoms with E-state index in [1.54, 1.807) is 0 Å². The molecule has 0 amide bonds. The van der Waals surface area contributed by atoms with Crippen molar-refractivity contribution in [1.29, 1.82) is 0 Å². The molecule has 4 unspecified atom stereocenters. The van der Waals surface area contributed by atoms with E-state index < -0.39 is 0 Å². The molecule has 4 atom stereocenters. The number of thioether (sulfide) groups is 1. The van der Waals surface area contributed by atoms with Crippen molar-refractivity contribution in [2.24, 2.45) is 17.8 Å². The molecule has 0 aromatic carbocycles. The highest BCUT2D eigenvalue weighted by Gasteiger charge is 2.28. The predicted octanol–water partition coefficient (Wildman–Crippen LogP) is 3.40. The second kappa shape index (κ2) is 6.80. The van der Waals surface area contributed by atoms with E-state index in [4.69, 9.17) is 0 Å². The van der Waals surface area contributed by atoms with Gasteiger partial charge >= 0.3 is 0 Å². The van der Waals surface area contributed by atoms with Gasteiger partial charge in [-0.25, -0.2) is 0 Å². The highest BCUT2D eigenvalue weighted by Crippen LogP contribution is 2.35. The van der Waals surface area contributed by atoms with Crippen LogP contribution in [0.5, 0.6) is 0 Å². The van der Waals surface area contributed by atoms with Crippen LogP contribution in [0.25, 0.3) is 0 Å². The summed E-state index contributed by atoms with van der Waals surface area (Å²) in [7, 11) is 2.13. The van der Waals surface area contributed by atoms with Gasteiger partial charge in [0.15, 0.2) is 0 Å². The van der Waals surface area contributed by atoms with Gasteiger partial charge in [0.1, 0.15) is 0 Å². The molecule has 1 aliphatic carbocycles. The number of nitrogens with one attached hydrogen (secondary N) is 1. The standard InChI is InChI=1S/C13H27NS/c1-10-5-6-12(9-11(10)2)13(14-3)7-8-15-4/h10-14H,5-9H2,1-4H3. The average Bonchev–Trinajstić information content (AvgIpc) is 2.24. The lowest BCUT2D eigenvalue weighted by molar-refractivity contribution is 0.172. The first-order chi connectivity index (χ1) is 7.19. The minimum absolute atomic E-state index is 0.757. The van der Waals surface area contributed by atoms with E-state index in [9.17, 15) is 0 Å². The first-order valence-corrected chi connectivity index (χ1v) is 7.74. The lowest BCUT2D eigenvalue weighted by Crippen LogP contribution is -2.38. The molecule has 0 bridgehead atoms. The summed E-state index contributed by atoms with van der Waals surface area (Å²) < 4.78 is 0. The highest BCUT2D eigenvalue weighted by atomic mass is 32.2. The first-order valence-electron chi connectivity index (χ1n) is 6.35. The Morgan fingerprint density at radius 2 is 2.00 bits per heavy atom. The zero-order chi connectivity index (χ0) is 11.3. The molecule has 2 heteroatoms. The molecule has 0 aromatic rings. The Kier molecular flexibility index (Phi) is 6.06. The molecule has 1 nitrogen and oxygen atoms in total. The van der Waals surface area contributed by atoms with Gasteiger partial charge in [0.2, 0.25) is 0 Å². The van der Waals surface area contributed by atoms with Crippen molar-refractivity contribution in [2.45, 2.75) is 45.6 Å². The summed E-state index contributed by atoms with van der Waals surface area (Å²) in [5.74, 6) is 4.09. The maximum atomic E-state index is 3.53. The minimum atomic E-state index is 0.757. The van der Waals surface area contributed by atoms with Gasteiger partial charge in [-0.15, -0.1) is 0 Å². The number of rotatable bonds is 5. The Bertz CT molecular complexity index is 172. The van der Waals surface area contributed by atoms with E-state index in [1.807, 2.05) is 11.8 Å². The van der Waals surface area contributed by atoms with E-state index in [-0.39, 0.29) is 0 Å². The van der Waals surface area contributed by atoms with E-state index >= 15 is 0 Å². The van der Waals surface area contributed by atoms with E-state index in [0.29, 0.717) is 0 Å². The Morgan fingerprint density at radius 1 is 1.27 bits per heavy atom. The third-order valence-electron chi connectivity index (χ3n) is 4.21. The predicted molar refractivity (Wildman–Crippen MR) is 71.5 cm³/mol. The largest absolute Gasteiger partial charge is 0.317 e. The summed E-state index contributed by atoms with van der Waals surface area (Å²) in [6.07, 6.45) is 7.84. The van der Waals surface area contributed by atoms with Crippen LogP contribution in [-0.4, -0.2) is 25.1 Å². The molecule has 0 radical (unpaired) electrons. The average molecular weight is 229 g/mol. The maximum Gasteiger partial charge on any atom is 0.0100 e. The van der Waals surface area contributed by atoms with Crippen molar-refractivity contribution < 1.29 is 0 Å². The van der Waals surface area contributed by atoms with Crippen LogP contribution in [0.1, 0.15) is 39.5 Å². The van der Waals surface area contributed by atoms with Crippen LogP contribution in [0.4, 0.5) is 0 Å². The molecule has 1 aliphatic rings. The fraction of sp³-hybridized carbons (Fsp3) is 1.00. The van der Waals surface area contributed by atoms with Crippen molar-refractivity contribution in [2.75, 3.05) is 19.1 Å². The molecule has 1 saturated carbocycles. The summed E-state index contributed by atoms with van der Waals surface area (Å²) in [4.78, 5) is 0. The van der Waals surface area contributed by atoms with Crippen LogP contribution >= 0.6 is 11.8 Å². The van der Waals surface area contributed by atoms with Gasteiger partial charge in [0, 0.05) is 6.04 Å². The van der Waals surface area contributed by atoms with Crippen LogP contribution in [0.15, 0.2) is 0 Å². The fourth-order valence-electron chi connectivity index (χ4n) is 2.82. The van der Waals surface area contributed by atoms with Crippen molar-refractivity contribution in [1.82, 2.24) is 5.32 Å². The second-order valence-corrected chi connectivity index (χ2v) is 6.19. The van der Waals surface area contributed by atoms with Gasteiger partial charge in [-0.1, -0.05) is 20.3 Å². The van der Waals surface area contributed by atoms with Crippen LogP contribution < -0.4 is 5.32 Å². The highest BCUT2D eigenvalue weighted by molar-refractivity contribution is 7.98. The molecule has 1 fully saturated rings. The monoisotopic (exact) mass is 229 g/mol. The smallest absolute Gasteiger partial charge is 0.0100 e. The molecule has 0 heterocycles. The van der Waals surface area contributed by atoms with Crippen LogP contribution in [0.3, 0.4) is 0 Å². The molecule has 1 rings (SSSR count). The van der Waals surface area contributed by atoms with Gasteiger partial charge in [-0.3, -0.25) is 0 Å². The molecule has 15 heavy (non-hydrogen) atoms. The molecule has 0 aliphatic heterocycles. The molecular formula is C13H27NS. The van der Waals surface area contributed by atoms with Gasteiger partial charge in [0.25, 0.3) is 0 Å². The number of hydrogen-bond donors (Lipinski definition) is 1. The maximum absolute atomic E-state index is 3.53. The van der Waals surface area contributed by atoms with Crippen LogP contribution in [-0.2, 0) is 0 Å². The topological polar surface area (TPSA) is 12.0 Å². The van der Waals surface area contributed by atoms with Gasteiger partial charge in [0.05, 0.1) is 0 Å². The Morgan fingerprint density at radius 3 is 2.53 bits per heavy atom. The van der Waals surface area contributed by atoms with Gasteiger partial charge in [-0.05, 0) is 56.1 Å². The van der Waals surface area contributed by atoms with Gasteiger partial charge < -0.3 is 5.32 Å². The van der Waals surface area contributed by atoms with Crippen LogP contribution in [0.2, 0.25) is 0 Å².